The highest BCUT2D eigenvalue weighted by atomic mass is 16.1. The van der Waals surface area contributed by atoms with E-state index in [1.807, 2.05) is 38.1 Å². The standard InChI is InChI=1S/C18H20N2O/c1-11-9-17(12(2)8-16(11)19)20-18(21)15-7-6-13-4-3-5-14(13)10-15/h6-10H,3-5,19H2,1-2H3,(H,20,21). The van der Waals surface area contributed by atoms with Crippen LogP contribution in [0.25, 0.3) is 0 Å². The molecular weight excluding hydrogens is 260 g/mol. The zero-order valence-electron chi connectivity index (χ0n) is 12.5. The number of anilines is 2. The third-order valence-corrected chi connectivity index (χ3v) is 4.22. The fourth-order valence-corrected chi connectivity index (χ4v) is 2.88. The number of hydrogen-bond acceptors (Lipinski definition) is 2. The fourth-order valence-electron chi connectivity index (χ4n) is 2.88. The van der Waals surface area contributed by atoms with Gasteiger partial charge < -0.3 is 11.1 Å². The Balaban J connectivity index is 1.85. The summed E-state index contributed by atoms with van der Waals surface area (Å²) in [6.45, 7) is 3.90. The first kappa shape index (κ1) is 13.7. The van der Waals surface area contributed by atoms with Crippen molar-refractivity contribution >= 4 is 17.3 Å². The molecule has 3 N–H and O–H groups in total. The maximum Gasteiger partial charge on any atom is 0.255 e. The van der Waals surface area contributed by atoms with Crippen LogP contribution >= 0.6 is 0 Å². The second-order valence-electron chi connectivity index (χ2n) is 5.81. The van der Waals surface area contributed by atoms with Crippen molar-refractivity contribution in [3.05, 3.63) is 58.1 Å². The van der Waals surface area contributed by atoms with E-state index >= 15 is 0 Å². The topological polar surface area (TPSA) is 55.1 Å². The van der Waals surface area contributed by atoms with Crippen LogP contribution in [0.1, 0.15) is 39.0 Å². The Morgan fingerprint density at radius 2 is 1.81 bits per heavy atom. The second-order valence-corrected chi connectivity index (χ2v) is 5.81. The van der Waals surface area contributed by atoms with Gasteiger partial charge in [-0.1, -0.05) is 6.07 Å². The number of benzene rings is 2. The first-order chi connectivity index (χ1) is 10.0. The van der Waals surface area contributed by atoms with Crippen LogP contribution < -0.4 is 11.1 Å². The summed E-state index contributed by atoms with van der Waals surface area (Å²) in [5.74, 6) is -0.0584. The lowest BCUT2D eigenvalue weighted by Crippen LogP contribution is -2.13. The molecule has 0 saturated carbocycles. The monoisotopic (exact) mass is 280 g/mol. The summed E-state index contributed by atoms with van der Waals surface area (Å²) >= 11 is 0. The van der Waals surface area contributed by atoms with Gasteiger partial charge in [0.2, 0.25) is 0 Å². The number of hydrogen-bond donors (Lipinski definition) is 2. The lowest BCUT2D eigenvalue weighted by molar-refractivity contribution is 0.102. The molecule has 108 valence electrons. The molecule has 0 saturated heterocycles. The Morgan fingerprint density at radius 1 is 1.05 bits per heavy atom. The molecule has 0 spiro atoms. The molecule has 1 aliphatic rings. The minimum absolute atomic E-state index is 0.0584. The highest BCUT2D eigenvalue weighted by molar-refractivity contribution is 6.05. The van der Waals surface area contributed by atoms with Gasteiger partial charge in [-0.3, -0.25) is 4.79 Å². The number of amides is 1. The van der Waals surface area contributed by atoms with Crippen LogP contribution in [0.4, 0.5) is 11.4 Å². The van der Waals surface area contributed by atoms with Crippen molar-refractivity contribution in [1.29, 1.82) is 0 Å². The van der Waals surface area contributed by atoms with E-state index in [1.54, 1.807) is 0 Å². The van der Waals surface area contributed by atoms with Crippen LogP contribution in [0.15, 0.2) is 30.3 Å². The van der Waals surface area contributed by atoms with E-state index in [2.05, 4.69) is 11.4 Å². The summed E-state index contributed by atoms with van der Waals surface area (Å²) < 4.78 is 0. The van der Waals surface area contributed by atoms with Gasteiger partial charge in [0.05, 0.1) is 0 Å². The number of aryl methyl sites for hydroxylation is 4. The number of fused-ring (bicyclic) bond motifs is 1. The largest absolute Gasteiger partial charge is 0.399 e. The van der Waals surface area contributed by atoms with Gasteiger partial charge in [-0.2, -0.15) is 0 Å². The minimum Gasteiger partial charge on any atom is -0.399 e. The highest BCUT2D eigenvalue weighted by Gasteiger charge is 2.14. The average molecular weight is 280 g/mol. The molecule has 0 bridgehead atoms. The van der Waals surface area contributed by atoms with Crippen molar-refractivity contribution in [3.8, 4) is 0 Å². The molecule has 0 unspecified atom stereocenters. The van der Waals surface area contributed by atoms with Gasteiger partial charge >= 0.3 is 0 Å². The molecule has 1 amide bonds. The summed E-state index contributed by atoms with van der Waals surface area (Å²) in [4.78, 5) is 12.4. The van der Waals surface area contributed by atoms with Crippen molar-refractivity contribution in [2.24, 2.45) is 0 Å². The van der Waals surface area contributed by atoms with Gasteiger partial charge in [0, 0.05) is 16.9 Å². The normalized spacial score (nSPS) is 13.0. The Bertz CT molecular complexity index is 719. The first-order valence-electron chi connectivity index (χ1n) is 7.34. The van der Waals surface area contributed by atoms with E-state index in [1.165, 1.54) is 17.5 Å². The molecule has 0 heterocycles. The van der Waals surface area contributed by atoms with Crippen LogP contribution in [-0.2, 0) is 12.8 Å². The number of carbonyl (C=O) groups excluding carboxylic acids is 1. The molecule has 3 nitrogen and oxygen atoms in total. The van der Waals surface area contributed by atoms with E-state index < -0.39 is 0 Å². The second kappa shape index (κ2) is 5.24. The quantitative estimate of drug-likeness (QED) is 0.825. The average Bonchev–Trinajstić information content (AvgIpc) is 2.92. The molecule has 2 aromatic rings. The molecule has 0 aliphatic heterocycles. The van der Waals surface area contributed by atoms with Crippen molar-refractivity contribution < 1.29 is 4.79 Å². The van der Waals surface area contributed by atoms with Gasteiger partial charge in [0.25, 0.3) is 5.91 Å². The summed E-state index contributed by atoms with van der Waals surface area (Å²) in [6, 6.07) is 9.85. The molecule has 21 heavy (non-hydrogen) atoms. The third-order valence-electron chi connectivity index (χ3n) is 4.22. The van der Waals surface area contributed by atoms with Crippen LogP contribution in [-0.4, -0.2) is 5.91 Å². The predicted octanol–water partition coefficient (Wildman–Crippen LogP) is 3.63. The summed E-state index contributed by atoms with van der Waals surface area (Å²) in [6.07, 6.45) is 3.40. The Labute approximate surface area is 125 Å². The molecule has 0 atom stereocenters. The number of nitrogen functional groups attached to an aromatic ring is 1. The first-order valence-corrected chi connectivity index (χ1v) is 7.34. The van der Waals surface area contributed by atoms with E-state index in [-0.39, 0.29) is 5.91 Å². The maximum atomic E-state index is 12.4. The fraction of sp³-hybridized carbons (Fsp3) is 0.278. The summed E-state index contributed by atoms with van der Waals surface area (Å²) in [7, 11) is 0. The number of rotatable bonds is 2. The lowest BCUT2D eigenvalue weighted by Gasteiger charge is -2.12. The SMILES string of the molecule is Cc1cc(NC(=O)c2ccc3c(c2)CCC3)c(C)cc1N. The minimum atomic E-state index is -0.0584. The van der Waals surface area contributed by atoms with Crippen molar-refractivity contribution in [2.45, 2.75) is 33.1 Å². The third kappa shape index (κ3) is 2.64. The Hall–Kier alpha value is -2.29. The number of nitrogens with one attached hydrogen (secondary N) is 1. The zero-order valence-corrected chi connectivity index (χ0v) is 12.5. The van der Waals surface area contributed by atoms with Crippen LogP contribution in [0, 0.1) is 13.8 Å². The molecular formula is C18H20N2O. The Morgan fingerprint density at radius 3 is 2.62 bits per heavy atom. The van der Waals surface area contributed by atoms with Crippen LogP contribution in [0.3, 0.4) is 0 Å². The van der Waals surface area contributed by atoms with Crippen LogP contribution in [0.2, 0.25) is 0 Å². The van der Waals surface area contributed by atoms with E-state index in [0.29, 0.717) is 0 Å². The zero-order chi connectivity index (χ0) is 15.0. The summed E-state index contributed by atoms with van der Waals surface area (Å²) in [5, 5.41) is 2.99. The lowest BCUT2D eigenvalue weighted by atomic mass is 10.0. The smallest absolute Gasteiger partial charge is 0.255 e. The molecule has 3 rings (SSSR count). The molecule has 3 heteroatoms. The molecule has 0 fully saturated rings. The van der Waals surface area contributed by atoms with Gasteiger partial charge in [0.1, 0.15) is 0 Å². The molecule has 0 radical (unpaired) electrons. The van der Waals surface area contributed by atoms with Gasteiger partial charge in [-0.15, -0.1) is 0 Å². The van der Waals surface area contributed by atoms with Crippen molar-refractivity contribution in [1.82, 2.24) is 0 Å². The molecule has 0 aromatic heterocycles. The van der Waals surface area contributed by atoms with Crippen molar-refractivity contribution in [2.75, 3.05) is 11.1 Å². The van der Waals surface area contributed by atoms with Crippen LogP contribution in [0.5, 0.6) is 0 Å². The van der Waals surface area contributed by atoms with Crippen molar-refractivity contribution in [3.63, 3.8) is 0 Å². The maximum absolute atomic E-state index is 12.4. The van der Waals surface area contributed by atoms with Gasteiger partial charge in [0.15, 0.2) is 0 Å². The molecule has 2 aromatic carbocycles. The summed E-state index contributed by atoms with van der Waals surface area (Å²) in [5.41, 5.74) is 12.8. The van der Waals surface area contributed by atoms with E-state index in [0.717, 1.165) is 40.9 Å². The molecule has 1 aliphatic carbocycles. The Kier molecular flexibility index (Phi) is 3.42. The number of carbonyl (C=O) groups is 1. The van der Waals surface area contributed by atoms with Gasteiger partial charge in [-0.25, -0.2) is 0 Å². The van der Waals surface area contributed by atoms with E-state index in [9.17, 15) is 4.79 Å². The highest BCUT2D eigenvalue weighted by Crippen LogP contribution is 2.25. The van der Waals surface area contributed by atoms with Gasteiger partial charge in [-0.05, 0) is 79.6 Å². The van der Waals surface area contributed by atoms with E-state index in [4.69, 9.17) is 5.73 Å². The predicted molar refractivity (Wildman–Crippen MR) is 86.7 cm³/mol. The number of nitrogens with two attached hydrogens (primary N) is 1.